The molecule has 4 heteroatoms. The lowest BCUT2D eigenvalue weighted by atomic mass is 10.1. The van der Waals surface area contributed by atoms with Gasteiger partial charge in [-0.15, -0.1) is 0 Å². The molecular formula is C13H17N3O. The van der Waals surface area contributed by atoms with Gasteiger partial charge in [0.15, 0.2) is 0 Å². The normalized spacial score (nSPS) is 10.0. The van der Waals surface area contributed by atoms with Crippen molar-refractivity contribution in [2.45, 2.75) is 13.0 Å². The molecule has 0 aromatic heterocycles. The van der Waals surface area contributed by atoms with Gasteiger partial charge in [0.1, 0.15) is 0 Å². The minimum atomic E-state index is 0.0525. The van der Waals surface area contributed by atoms with Crippen molar-refractivity contribution in [2.75, 3.05) is 20.6 Å². The third-order valence-electron chi connectivity index (χ3n) is 2.53. The van der Waals surface area contributed by atoms with Gasteiger partial charge in [-0.25, -0.2) is 0 Å². The van der Waals surface area contributed by atoms with E-state index >= 15 is 0 Å². The van der Waals surface area contributed by atoms with Crippen molar-refractivity contribution < 1.29 is 4.79 Å². The summed E-state index contributed by atoms with van der Waals surface area (Å²) in [6.07, 6.45) is 0.503. The van der Waals surface area contributed by atoms with Gasteiger partial charge in [-0.2, -0.15) is 5.26 Å². The molecule has 0 aliphatic carbocycles. The summed E-state index contributed by atoms with van der Waals surface area (Å²) in [6, 6.07) is 9.58. The maximum absolute atomic E-state index is 11.1. The first-order chi connectivity index (χ1) is 8.15. The highest BCUT2D eigenvalue weighted by Crippen LogP contribution is 2.06. The Labute approximate surface area is 102 Å². The smallest absolute Gasteiger partial charge is 0.221 e. The van der Waals surface area contributed by atoms with E-state index in [1.807, 2.05) is 31.3 Å². The zero-order chi connectivity index (χ0) is 12.7. The molecule has 17 heavy (non-hydrogen) atoms. The Bertz CT molecular complexity index is 406. The van der Waals surface area contributed by atoms with Crippen molar-refractivity contribution in [3.63, 3.8) is 0 Å². The summed E-state index contributed by atoms with van der Waals surface area (Å²) in [6.45, 7) is 1.50. The van der Waals surface area contributed by atoms with Crippen LogP contribution in [0.3, 0.4) is 0 Å². The number of nitriles is 1. The Morgan fingerprint density at radius 3 is 2.59 bits per heavy atom. The van der Waals surface area contributed by atoms with Crippen LogP contribution in [0.25, 0.3) is 0 Å². The highest BCUT2D eigenvalue weighted by molar-refractivity contribution is 5.75. The zero-order valence-electron chi connectivity index (χ0n) is 10.2. The standard InChI is InChI=1S/C13H17N3O/c1-15-13(17)7-8-16(2)10-12-5-3-11(9-14)4-6-12/h3-6H,7-8,10H2,1-2H3,(H,15,17). The molecule has 0 unspecified atom stereocenters. The van der Waals surface area contributed by atoms with Crippen LogP contribution in [-0.4, -0.2) is 31.4 Å². The van der Waals surface area contributed by atoms with Crippen molar-refractivity contribution >= 4 is 5.91 Å². The van der Waals surface area contributed by atoms with Crippen LogP contribution in [0, 0.1) is 11.3 Å². The Balaban J connectivity index is 2.42. The number of amides is 1. The Morgan fingerprint density at radius 1 is 1.41 bits per heavy atom. The van der Waals surface area contributed by atoms with Crippen LogP contribution >= 0.6 is 0 Å². The highest BCUT2D eigenvalue weighted by atomic mass is 16.1. The number of hydrogen-bond donors (Lipinski definition) is 1. The Hall–Kier alpha value is -1.86. The average Bonchev–Trinajstić information content (AvgIpc) is 2.36. The first kappa shape index (κ1) is 13.2. The number of rotatable bonds is 5. The quantitative estimate of drug-likeness (QED) is 0.826. The van der Waals surface area contributed by atoms with Gasteiger partial charge in [0.05, 0.1) is 11.6 Å². The van der Waals surface area contributed by atoms with Crippen LogP contribution in [0.2, 0.25) is 0 Å². The van der Waals surface area contributed by atoms with Crippen LogP contribution in [0.4, 0.5) is 0 Å². The van der Waals surface area contributed by atoms with Crippen molar-refractivity contribution in [1.29, 1.82) is 5.26 Å². The molecule has 0 aliphatic heterocycles. The van der Waals surface area contributed by atoms with Crippen LogP contribution in [0.1, 0.15) is 17.5 Å². The predicted molar refractivity (Wildman–Crippen MR) is 66.2 cm³/mol. The molecule has 0 heterocycles. The maximum Gasteiger partial charge on any atom is 0.221 e. The molecule has 4 nitrogen and oxygen atoms in total. The molecule has 1 aromatic carbocycles. The summed E-state index contributed by atoms with van der Waals surface area (Å²) in [4.78, 5) is 13.2. The van der Waals surface area contributed by atoms with Gasteiger partial charge in [-0.3, -0.25) is 4.79 Å². The number of benzene rings is 1. The van der Waals surface area contributed by atoms with Crippen LogP contribution in [0.5, 0.6) is 0 Å². The second-order valence-electron chi connectivity index (χ2n) is 3.97. The van der Waals surface area contributed by atoms with Crippen molar-refractivity contribution in [3.05, 3.63) is 35.4 Å². The number of carbonyl (C=O) groups is 1. The number of carbonyl (C=O) groups excluding carboxylic acids is 1. The molecule has 0 spiro atoms. The fourth-order valence-electron chi connectivity index (χ4n) is 1.49. The van der Waals surface area contributed by atoms with E-state index in [2.05, 4.69) is 16.3 Å². The Morgan fingerprint density at radius 2 is 2.06 bits per heavy atom. The number of hydrogen-bond acceptors (Lipinski definition) is 3. The zero-order valence-corrected chi connectivity index (χ0v) is 10.2. The fourth-order valence-corrected chi connectivity index (χ4v) is 1.49. The molecule has 1 amide bonds. The molecular weight excluding hydrogens is 214 g/mol. The van der Waals surface area contributed by atoms with E-state index in [1.165, 1.54) is 0 Å². The minimum Gasteiger partial charge on any atom is -0.359 e. The number of nitrogens with zero attached hydrogens (tertiary/aromatic N) is 2. The fraction of sp³-hybridized carbons (Fsp3) is 0.385. The molecule has 0 saturated heterocycles. The highest BCUT2D eigenvalue weighted by Gasteiger charge is 2.03. The predicted octanol–water partition coefficient (Wildman–Crippen LogP) is 1.13. The molecule has 0 atom stereocenters. The van der Waals surface area contributed by atoms with E-state index in [1.54, 1.807) is 7.05 Å². The van der Waals surface area contributed by atoms with E-state index in [0.29, 0.717) is 12.0 Å². The first-order valence-corrected chi connectivity index (χ1v) is 5.54. The molecule has 0 fully saturated rings. The molecule has 1 N–H and O–H groups in total. The molecule has 0 aliphatic rings. The van der Waals surface area contributed by atoms with Gasteiger partial charge in [0.2, 0.25) is 5.91 Å². The second kappa shape index (κ2) is 6.66. The largest absolute Gasteiger partial charge is 0.359 e. The second-order valence-corrected chi connectivity index (χ2v) is 3.97. The van der Waals surface area contributed by atoms with Gasteiger partial charge >= 0.3 is 0 Å². The van der Waals surface area contributed by atoms with Gasteiger partial charge in [-0.1, -0.05) is 12.1 Å². The summed E-state index contributed by atoms with van der Waals surface area (Å²) in [5.41, 5.74) is 1.81. The van der Waals surface area contributed by atoms with Gasteiger partial charge in [0.25, 0.3) is 0 Å². The SMILES string of the molecule is CNC(=O)CCN(C)Cc1ccc(C#N)cc1. The average molecular weight is 231 g/mol. The molecule has 1 rings (SSSR count). The lowest BCUT2D eigenvalue weighted by Crippen LogP contribution is -2.26. The lowest BCUT2D eigenvalue weighted by Gasteiger charge is -2.16. The monoisotopic (exact) mass is 231 g/mol. The maximum atomic E-state index is 11.1. The third-order valence-corrected chi connectivity index (χ3v) is 2.53. The Kier molecular flexibility index (Phi) is 5.18. The summed E-state index contributed by atoms with van der Waals surface area (Å²) in [7, 11) is 3.62. The van der Waals surface area contributed by atoms with Crippen LogP contribution in [0.15, 0.2) is 24.3 Å². The van der Waals surface area contributed by atoms with Crippen molar-refractivity contribution in [3.8, 4) is 6.07 Å². The molecule has 90 valence electrons. The van der Waals surface area contributed by atoms with E-state index < -0.39 is 0 Å². The summed E-state index contributed by atoms with van der Waals surface area (Å²) in [5, 5.41) is 11.3. The van der Waals surface area contributed by atoms with E-state index in [4.69, 9.17) is 5.26 Å². The van der Waals surface area contributed by atoms with Crippen molar-refractivity contribution in [2.24, 2.45) is 0 Å². The summed E-state index contributed by atoms with van der Waals surface area (Å²) in [5.74, 6) is 0.0525. The van der Waals surface area contributed by atoms with Gasteiger partial charge in [-0.05, 0) is 24.7 Å². The van der Waals surface area contributed by atoms with Crippen LogP contribution in [-0.2, 0) is 11.3 Å². The third kappa shape index (κ3) is 4.66. The van der Waals surface area contributed by atoms with Gasteiger partial charge in [0, 0.05) is 26.6 Å². The van der Waals surface area contributed by atoms with Gasteiger partial charge < -0.3 is 10.2 Å². The lowest BCUT2D eigenvalue weighted by molar-refractivity contribution is -0.120. The van der Waals surface area contributed by atoms with Crippen LogP contribution < -0.4 is 5.32 Å². The molecule has 0 bridgehead atoms. The summed E-state index contributed by atoms with van der Waals surface area (Å²) >= 11 is 0. The summed E-state index contributed by atoms with van der Waals surface area (Å²) < 4.78 is 0. The minimum absolute atomic E-state index is 0.0525. The van der Waals surface area contributed by atoms with E-state index in [9.17, 15) is 4.79 Å². The topological polar surface area (TPSA) is 56.1 Å². The molecule has 0 radical (unpaired) electrons. The van der Waals surface area contributed by atoms with E-state index in [-0.39, 0.29) is 5.91 Å². The molecule has 1 aromatic rings. The number of nitrogens with one attached hydrogen (secondary N) is 1. The first-order valence-electron chi connectivity index (χ1n) is 5.54. The van der Waals surface area contributed by atoms with Crippen molar-refractivity contribution in [1.82, 2.24) is 10.2 Å². The molecule has 0 saturated carbocycles. The van der Waals surface area contributed by atoms with E-state index in [0.717, 1.165) is 18.7 Å².